The van der Waals surface area contributed by atoms with E-state index in [2.05, 4.69) is 0 Å². The number of carbonyl (C=O) groups excluding carboxylic acids is 1. The Bertz CT molecular complexity index is 172. The molecule has 1 aliphatic heterocycles. The maximum absolute atomic E-state index is 11.0. The number of carbonyl (C=O) groups is 1. The number of aliphatic hydroxyl groups is 1. The molecule has 1 rings (SSSR count). The normalized spacial score (nSPS) is 18.9. The van der Waals surface area contributed by atoms with Gasteiger partial charge < -0.3 is 14.7 Å². The summed E-state index contributed by atoms with van der Waals surface area (Å²) in [4.78, 5) is 12.7. The summed E-state index contributed by atoms with van der Waals surface area (Å²) in [5, 5.41) is 8.77. The average molecular weight is 187 g/mol. The van der Waals surface area contributed by atoms with E-state index in [9.17, 15) is 4.79 Å². The first-order valence-electron chi connectivity index (χ1n) is 4.76. The van der Waals surface area contributed by atoms with Crippen LogP contribution in [0.4, 0.5) is 4.79 Å². The third-order valence-corrected chi connectivity index (χ3v) is 2.28. The summed E-state index contributed by atoms with van der Waals surface area (Å²) in [5.41, 5.74) is 0. The summed E-state index contributed by atoms with van der Waals surface area (Å²) < 4.78 is 4.79. The van der Waals surface area contributed by atoms with Crippen LogP contribution in [0.2, 0.25) is 0 Å². The van der Waals surface area contributed by atoms with Crippen molar-refractivity contribution in [2.24, 2.45) is 5.92 Å². The Morgan fingerprint density at radius 3 is 3.00 bits per heavy atom. The lowest BCUT2D eigenvalue weighted by atomic mass is 10.1. The summed E-state index contributed by atoms with van der Waals surface area (Å²) in [6.45, 7) is 4.22. The summed E-state index contributed by atoms with van der Waals surface area (Å²) in [6.07, 6.45) is 1.70. The molecule has 1 fully saturated rings. The van der Waals surface area contributed by atoms with Crippen molar-refractivity contribution in [3.63, 3.8) is 0 Å². The van der Waals surface area contributed by atoms with Gasteiger partial charge in [-0.05, 0) is 18.8 Å². The molecule has 1 aliphatic rings. The van der Waals surface area contributed by atoms with Crippen molar-refractivity contribution < 1.29 is 14.6 Å². The second-order valence-corrected chi connectivity index (χ2v) is 3.53. The topological polar surface area (TPSA) is 49.8 Å². The van der Waals surface area contributed by atoms with Gasteiger partial charge in [0, 0.05) is 13.2 Å². The first kappa shape index (κ1) is 10.3. The second kappa shape index (κ2) is 5.07. The molecule has 1 unspecified atom stereocenters. The van der Waals surface area contributed by atoms with E-state index in [1.54, 1.807) is 4.90 Å². The van der Waals surface area contributed by atoms with Crippen LogP contribution >= 0.6 is 0 Å². The van der Waals surface area contributed by atoms with Crippen LogP contribution in [0.25, 0.3) is 0 Å². The first-order valence-corrected chi connectivity index (χ1v) is 4.76. The van der Waals surface area contributed by atoms with Gasteiger partial charge in [-0.15, -0.1) is 0 Å². The number of rotatable bonds is 5. The van der Waals surface area contributed by atoms with Crippen LogP contribution in [0.1, 0.15) is 19.8 Å². The van der Waals surface area contributed by atoms with Gasteiger partial charge in [-0.3, -0.25) is 0 Å². The highest BCUT2D eigenvalue weighted by molar-refractivity contribution is 5.69. The zero-order valence-corrected chi connectivity index (χ0v) is 8.03. The maximum Gasteiger partial charge on any atom is 0.409 e. The summed E-state index contributed by atoms with van der Waals surface area (Å²) >= 11 is 0. The highest BCUT2D eigenvalue weighted by Crippen LogP contribution is 2.08. The molecule has 0 aliphatic carbocycles. The van der Waals surface area contributed by atoms with Crippen LogP contribution < -0.4 is 0 Å². The fourth-order valence-corrected chi connectivity index (χ4v) is 1.35. The molecule has 1 atom stereocenters. The summed E-state index contributed by atoms with van der Waals surface area (Å²) in [5.74, 6) is 0.332. The fraction of sp³-hybridized carbons (Fsp3) is 0.889. The van der Waals surface area contributed by atoms with Gasteiger partial charge >= 0.3 is 6.09 Å². The van der Waals surface area contributed by atoms with Crippen molar-refractivity contribution >= 4 is 6.09 Å². The Hall–Kier alpha value is -0.770. The molecule has 0 aromatic heterocycles. The highest BCUT2D eigenvalue weighted by atomic mass is 16.6. The summed E-state index contributed by atoms with van der Waals surface area (Å²) in [6, 6.07) is 0. The minimum absolute atomic E-state index is 0.198. The number of cyclic esters (lactones) is 1. The molecule has 4 nitrogen and oxygen atoms in total. The zero-order chi connectivity index (χ0) is 9.68. The number of amides is 1. The van der Waals surface area contributed by atoms with Gasteiger partial charge in [-0.1, -0.05) is 6.92 Å². The van der Waals surface area contributed by atoms with E-state index >= 15 is 0 Å². The minimum atomic E-state index is -0.198. The van der Waals surface area contributed by atoms with Crippen LogP contribution in [0.3, 0.4) is 0 Å². The SMILES string of the molecule is CC(CO)CCCN1CCOC1=O. The Morgan fingerprint density at radius 1 is 1.69 bits per heavy atom. The molecule has 0 spiro atoms. The van der Waals surface area contributed by atoms with E-state index in [1.807, 2.05) is 6.92 Å². The van der Waals surface area contributed by atoms with Crippen molar-refractivity contribution in [1.29, 1.82) is 0 Å². The molecule has 0 saturated carbocycles. The third-order valence-electron chi connectivity index (χ3n) is 2.28. The Kier molecular flexibility index (Phi) is 4.02. The van der Waals surface area contributed by atoms with Gasteiger partial charge in [0.05, 0.1) is 6.54 Å². The number of aliphatic hydroxyl groups excluding tert-OH is 1. The highest BCUT2D eigenvalue weighted by Gasteiger charge is 2.20. The molecule has 1 N–H and O–H groups in total. The number of ether oxygens (including phenoxy) is 1. The number of hydrogen-bond acceptors (Lipinski definition) is 3. The lowest BCUT2D eigenvalue weighted by Gasteiger charge is -2.13. The molecule has 0 radical (unpaired) electrons. The maximum atomic E-state index is 11.0. The molecule has 76 valence electrons. The molecule has 1 saturated heterocycles. The Labute approximate surface area is 78.5 Å². The van der Waals surface area contributed by atoms with E-state index in [-0.39, 0.29) is 12.7 Å². The van der Waals surface area contributed by atoms with Crippen LogP contribution in [-0.4, -0.2) is 42.4 Å². The van der Waals surface area contributed by atoms with Crippen molar-refractivity contribution in [1.82, 2.24) is 4.90 Å². The largest absolute Gasteiger partial charge is 0.448 e. The summed E-state index contributed by atoms with van der Waals surface area (Å²) in [7, 11) is 0. The zero-order valence-electron chi connectivity index (χ0n) is 8.03. The molecular weight excluding hydrogens is 170 g/mol. The average Bonchev–Trinajstić information content (AvgIpc) is 2.52. The third kappa shape index (κ3) is 3.22. The molecule has 1 amide bonds. The van der Waals surface area contributed by atoms with Crippen LogP contribution in [0.5, 0.6) is 0 Å². The van der Waals surface area contributed by atoms with E-state index in [4.69, 9.17) is 9.84 Å². The van der Waals surface area contributed by atoms with Crippen molar-refractivity contribution in [3.05, 3.63) is 0 Å². The molecule has 0 aromatic rings. The van der Waals surface area contributed by atoms with Crippen molar-refractivity contribution in [3.8, 4) is 0 Å². The fourth-order valence-electron chi connectivity index (χ4n) is 1.35. The smallest absolute Gasteiger partial charge is 0.409 e. The van der Waals surface area contributed by atoms with Crippen molar-refractivity contribution in [2.75, 3.05) is 26.3 Å². The predicted molar refractivity (Wildman–Crippen MR) is 48.4 cm³/mol. The van der Waals surface area contributed by atoms with Gasteiger partial charge in [0.2, 0.25) is 0 Å². The molecule has 0 aromatic carbocycles. The van der Waals surface area contributed by atoms with Gasteiger partial charge in [0.25, 0.3) is 0 Å². The van der Waals surface area contributed by atoms with E-state index in [0.717, 1.165) is 19.4 Å². The Balaban J connectivity index is 2.08. The standard InChI is InChI=1S/C9H17NO3/c1-8(7-11)3-2-4-10-5-6-13-9(10)12/h8,11H,2-7H2,1H3. The molecular formula is C9H17NO3. The van der Waals surface area contributed by atoms with Gasteiger partial charge in [-0.2, -0.15) is 0 Å². The van der Waals surface area contributed by atoms with Gasteiger partial charge in [0.15, 0.2) is 0 Å². The predicted octanol–water partition coefficient (Wildman–Crippen LogP) is 0.847. The molecule has 13 heavy (non-hydrogen) atoms. The lowest BCUT2D eigenvalue weighted by Crippen LogP contribution is -2.25. The molecule has 0 bridgehead atoms. The first-order chi connectivity index (χ1) is 6.24. The monoisotopic (exact) mass is 187 g/mol. The lowest BCUT2D eigenvalue weighted by molar-refractivity contribution is 0.157. The molecule has 1 heterocycles. The molecule has 4 heteroatoms. The van der Waals surface area contributed by atoms with Gasteiger partial charge in [-0.25, -0.2) is 4.79 Å². The van der Waals surface area contributed by atoms with E-state index in [1.165, 1.54) is 0 Å². The van der Waals surface area contributed by atoms with E-state index < -0.39 is 0 Å². The second-order valence-electron chi connectivity index (χ2n) is 3.53. The number of hydrogen-bond donors (Lipinski definition) is 1. The minimum Gasteiger partial charge on any atom is -0.448 e. The van der Waals surface area contributed by atoms with Crippen LogP contribution in [-0.2, 0) is 4.74 Å². The quantitative estimate of drug-likeness (QED) is 0.694. The van der Waals surface area contributed by atoms with Crippen molar-refractivity contribution in [2.45, 2.75) is 19.8 Å². The Morgan fingerprint density at radius 2 is 2.46 bits per heavy atom. The van der Waals surface area contributed by atoms with Crippen LogP contribution in [0, 0.1) is 5.92 Å². The van der Waals surface area contributed by atoms with E-state index in [0.29, 0.717) is 19.1 Å². The van der Waals surface area contributed by atoms with Gasteiger partial charge in [0.1, 0.15) is 6.61 Å². The van der Waals surface area contributed by atoms with Crippen LogP contribution in [0.15, 0.2) is 0 Å². The number of nitrogens with zero attached hydrogens (tertiary/aromatic N) is 1.